The van der Waals surface area contributed by atoms with Gasteiger partial charge in [0.15, 0.2) is 11.6 Å². The average molecular weight is 322 g/mol. The zero-order valence-electron chi connectivity index (χ0n) is 13.4. The Balaban J connectivity index is 2.38. The molecule has 124 valence electrons. The smallest absolute Gasteiger partial charge is 0.318 e. The second-order valence-electron chi connectivity index (χ2n) is 5.12. The fourth-order valence-corrected chi connectivity index (χ4v) is 2.37. The van der Waals surface area contributed by atoms with Gasteiger partial charge in [-0.1, -0.05) is 6.07 Å². The molecule has 0 saturated heterocycles. The van der Waals surface area contributed by atoms with Crippen molar-refractivity contribution in [1.29, 1.82) is 0 Å². The number of aromatic nitrogens is 2. The van der Waals surface area contributed by atoms with Gasteiger partial charge in [0, 0.05) is 32.5 Å². The molecular formula is C16H20F2N4O. The third-order valence-electron chi connectivity index (χ3n) is 3.71. The van der Waals surface area contributed by atoms with Gasteiger partial charge < -0.3 is 14.8 Å². The number of carbonyl (C=O) groups excluding carboxylic acids is 1. The van der Waals surface area contributed by atoms with Gasteiger partial charge in [0.1, 0.15) is 11.9 Å². The van der Waals surface area contributed by atoms with Crippen LogP contribution in [0.4, 0.5) is 13.6 Å². The number of nitrogens with zero attached hydrogens (tertiary/aromatic N) is 3. The lowest BCUT2D eigenvalue weighted by atomic mass is 10.1. The fourth-order valence-electron chi connectivity index (χ4n) is 2.37. The van der Waals surface area contributed by atoms with E-state index in [-0.39, 0.29) is 6.03 Å². The highest BCUT2D eigenvalue weighted by Gasteiger charge is 2.23. The second-order valence-corrected chi connectivity index (χ2v) is 5.12. The molecule has 7 heteroatoms. The molecule has 0 saturated carbocycles. The van der Waals surface area contributed by atoms with E-state index < -0.39 is 17.7 Å². The van der Waals surface area contributed by atoms with Crippen LogP contribution in [0.25, 0.3) is 0 Å². The quantitative estimate of drug-likeness (QED) is 0.920. The van der Waals surface area contributed by atoms with E-state index in [1.54, 1.807) is 28.9 Å². The van der Waals surface area contributed by atoms with E-state index in [2.05, 4.69) is 10.3 Å². The van der Waals surface area contributed by atoms with Crippen LogP contribution in [0.5, 0.6) is 0 Å². The van der Waals surface area contributed by atoms with Crippen molar-refractivity contribution in [3.05, 3.63) is 53.6 Å². The summed E-state index contributed by atoms with van der Waals surface area (Å²) in [4.78, 5) is 18.2. The number of urea groups is 1. The number of benzene rings is 1. The van der Waals surface area contributed by atoms with Gasteiger partial charge in [0.05, 0.1) is 0 Å². The Morgan fingerprint density at radius 1 is 1.30 bits per heavy atom. The summed E-state index contributed by atoms with van der Waals surface area (Å²) in [6.07, 6.45) is 3.32. The highest BCUT2D eigenvalue weighted by molar-refractivity contribution is 5.75. The maximum Gasteiger partial charge on any atom is 0.318 e. The van der Waals surface area contributed by atoms with Crippen molar-refractivity contribution >= 4 is 6.03 Å². The number of halogens is 2. The Labute approximate surface area is 133 Å². The van der Waals surface area contributed by atoms with Crippen molar-refractivity contribution in [1.82, 2.24) is 19.8 Å². The summed E-state index contributed by atoms with van der Waals surface area (Å²) < 4.78 is 28.5. The molecule has 0 spiro atoms. The molecule has 2 rings (SSSR count). The van der Waals surface area contributed by atoms with Crippen LogP contribution in [0.2, 0.25) is 0 Å². The van der Waals surface area contributed by atoms with Crippen LogP contribution < -0.4 is 5.32 Å². The van der Waals surface area contributed by atoms with Gasteiger partial charge in [-0.3, -0.25) is 0 Å². The SMILES string of the molecule is CCN(CC)C(=O)NC(c1ccc(F)c(F)c1)c1nccn1C. The van der Waals surface area contributed by atoms with Gasteiger partial charge in [-0.2, -0.15) is 0 Å². The third-order valence-corrected chi connectivity index (χ3v) is 3.71. The van der Waals surface area contributed by atoms with Crippen molar-refractivity contribution in [2.75, 3.05) is 13.1 Å². The topological polar surface area (TPSA) is 50.2 Å². The number of amides is 2. The Morgan fingerprint density at radius 3 is 2.52 bits per heavy atom. The van der Waals surface area contributed by atoms with E-state index in [1.807, 2.05) is 13.8 Å². The van der Waals surface area contributed by atoms with Gasteiger partial charge in [0.2, 0.25) is 0 Å². The Hall–Kier alpha value is -2.44. The first-order valence-electron chi connectivity index (χ1n) is 7.45. The molecule has 0 aliphatic heterocycles. The third kappa shape index (κ3) is 3.67. The summed E-state index contributed by atoms with van der Waals surface area (Å²) in [5.74, 6) is -1.35. The summed E-state index contributed by atoms with van der Waals surface area (Å²) in [5.41, 5.74) is 0.429. The van der Waals surface area contributed by atoms with Crippen LogP contribution in [0.15, 0.2) is 30.6 Å². The van der Waals surface area contributed by atoms with Crippen molar-refractivity contribution in [3.8, 4) is 0 Å². The molecule has 1 N–H and O–H groups in total. The van der Waals surface area contributed by atoms with Gasteiger partial charge in [-0.25, -0.2) is 18.6 Å². The molecule has 1 aromatic heterocycles. The van der Waals surface area contributed by atoms with Gasteiger partial charge in [-0.15, -0.1) is 0 Å². The molecule has 1 aromatic carbocycles. The number of hydrogen-bond donors (Lipinski definition) is 1. The van der Waals surface area contributed by atoms with Gasteiger partial charge in [0.25, 0.3) is 0 Å². The fraction of sp³-hybridized carbons (Fsp3) is 0.375. The van der Waals surface area contributed by atoms with E-state index in [1.165, 1.54) is 6.07 Å². The van der Waals surface area contributed by atoms with Crippen LogP contribution >= 0.6 is 0 Å². The first kappa shape index (κ1) is 16.9. The maximum atomic E-state index is 13.6. The minimum Gasteiger partial charge on any atom is -0.336 e. The summed E-state index contributed by atoms with van der Waals surface area (Å²) in [6.45, 7) is 4.84. The average Bonchev–Trinajstić information content (AvgIpc) is 2.95. The molecule has 2 amide bonds. The lowest BCUT2D eigenvalue weighted by Gasteiger charge is -2.25. The predicted octanol–water partition coefficient (Wildman–Crippen LogP) is 2.84. The number of aryl methyl sites for hydroxylation is 1. The summed E-state index contributed by atoms with van der Waals surface area (Å²) >= 11 is 0. The normalized spacial score (nSPS) is 12.0. The van der Waals surface area contributed by atoms with E-state index in [4.69, 9.17) is 0 Å². The Kier molecular flexibility index (Phi) is 5.31. The first-order valence-corrected chi connectivity index (χ1v) is 7.45. The molecule has 1 unspecified atom stereocenters. The zero-order valence-corrected chi connectivity index (χ0v) is 13.4. The standard InChI is InChI=1S/C16H20F2N4O/c1-4-22(5-2)16(23)20-14(15-19-8-9-21(15)3)11-6-7-12(17)13(18)10-11/h6-10,14H,4-5H2,1-3H3,(H,20,23). The maximum absolute atomic E-state index is 13.6. The van der Waals surface area contributed by atoms with E-state index in [0.717, 1.165) is 12.1 Å². The number of nitrogens with one attached hydrogen (secondary N) is 1. The molecule has 1 heterocycles. The molecule has 23 heavy (non-hydrogen) atoms. The van der Waals surface area contributed by atoms with Crippen molar-refractivity contribution in [2.45, 2.75) is 19.9 Å². The summed E-state index contributed by atoms with van der Waals surface area (Å²) in [5, 5.41) is 2.84. The van der Waals surface area contributed by atoms with E-state index in [0.29, 0.717) is 24.5 Å². The first-order chi connectivity index (χ1) is 11.0. The molecule has 1 atom stereocenters. The van der Waals surface area contributed by atoms with E-state index >= 15 is 0 Å². The molecule has 0 aliphatic rings. The molecule has 2 aromatic rings. The van der Waals surface area contributed by atoms with Crippen LogP contribution in [0.3, 0.4) is 0 Å². The van der Waals surface area contributed by atoms with Gasteiger partial charge >= 0.3 is 6.03 Å². The zero-order chi connectivity index (χ0) is 17.0. The molecule has 0 fully saturated rings. The molecule has 0 aliphatic carbocycles. The van der Waals surface area contributed by atoms with E-state index in [9.17, 15) is 13.6 Å². The van der Waals surface area contributed by atoms with Crippen molar-refractivity contribution in [2.24, 2.45) is 7.05 Å². The second kappa shape index (κ2) is 7.21. The summed E-state index contributed by atoms with van der Waals surface area (Å²) in [6, 6.07) is 2.62. The lowest BCUT2D eigenvalue weighted by Crippen LogP contribution is -2.42. The summed E-state index contributed by atoms with van der Waals surface area (Å²) in [7, 11) is 1.78. The molecular weight excluding hydrogens is 302 g/mol. The Bertz CT molecular complexity index is 682. The van der Waals surface area contributed by atoms with Crippen LogP contribution in [-0.2, 0) is 7.05 Å². The number of hydrogen-bond acceptors (Lipinski definition) is 2. The number of carbonyl (C=O) groups is 1. The molecule has 0 bridgehead atoms. The minimum atomic E-state index is -0.959. The van der Waals surface area contributed by atoms with Crippen LogP contribution in [0.1, 0.15) is 31.3 Å². The predicted molar refractivity (Wildman–Crippen MR) is 82.9 cm³/mol. The van der Waals surface area contributed by atoms with Crippen LogP contribution in [0, 0.1) is 11.6 Å². The molecule has 5 nitrogen and oxygen atoms in total. The van der Waals surface area contributed by atoms with Gasteiger partial charge in [-0.05, 0) is 31.5 Å². The highest BCUT2D eigenvalue weighted by atomic mass is 19.2. The highest BCUT2D eigenvalue weighted by Crippen LogP contribution is 2.22. The number of imidazole rings is 1. The Morgan fingerprint density at radius 2 is 2.00 bits per heavy atom. The van der Waals surface area contributed by atoms with Crippen molar-refractivity contribution < 1.29 is 13.6 Å². The van der Waals surface area contributed by atoms with Crippen LogP contribution in [-0.4, -0.2) is 33.6 Å². The monoisotopic (exact) mass is 322 g/mol. The van der Waals surface area contributed by atoms with Crippen molar-refractivity contribution in [3.63, 3.8) is 0 Å². The molecule has 0 radical (unpaired) electrons. The largest absolute Gasteiger partial charge is 0.336 e. The lowest BCUT2D eigenvalue weighted by molar-refractivity contribution is 0.200. The number of rotatable bonds is 5. The minimum absolute atomic E-state index is 0.285.